The highest BCUT2D eigenvalue weighted by molar-refractivity contribution is 7.88. The molecule has 4 nitrogen and oxygen atoms in total. The van der Waals surface area contributed by atoms with Crippen molar-refractivity contribution in [2.24, 2.45) is 0 Å². The molecule has 2 aromatic rings. The molecule has 0 spiro atoms. The van der Waals surface area contributed by atoms with Crippen molar-refractivity contribution in [2.45, 2.75) is 18.8 Å². The highest BCUT2D eigenvalue weighted by Gasteiger charge is 2.30. The van der Waals surface area contributed by atoms with Crippen molar-refractivity contribution in [2.75, 3.05) is 19.7 Å². The number of benzene rings is 2. The van der Waals surface area contributed by atoms with Crippen LogP contribution in [0.3, 0.4) is 0 Å². The number of aryl methyl sites for hydroxylation is 1. The first kappa shape index (κ1) is 17.4. The second-order valence-electron chi connectivity index (χ2n) is 6.01. The van der Waals surface area contributed by atoms with Gasteiger partial charge in [-0.3, -0.25) is 0 Å². The van der Waals surface area contributed by atoms with Crippen LogP contribution in [0.5, 0.6) is 0 Å². The van der Waals surface area contributed by atoms with Gasteiger partial charge >= 0.3 is 0 Å². The Morgan fingerprint density at radius 2 is 1.96 bits per heavy atom. The van der Waals surface area contributed by atoms with Gasteiger partial charge in [0.15, 0.2) is 0 Å². The van der Waals surface area contributed by atoms with Crippen LogP contribution in [0.25, 0.3) is 0 Å². The summed E-state index contributed by atoms with van der Waals surface area (Å²) in [5.74, 6) is -0.0474. The van der Waals surface area contributed by atoms with Crippen molar-refractivity contribution in [1.29, 1.82) is 0 Å². The smallest absolute Gasteiger partial charge is 0.218 e. The van der Waals surface area contributed by atoms with Crippen LogP contribution in [-0.2, 0) is 20.5 Å². The minimum absolute atomic E-state index is 0.0474. The van der Waals surface area contributed by atoms with Crippen LogP contribution in [0.4, 0.5) is 0 Å². The summed E-state index contributed by atoms with van der Waals surface area (Å²) in [6.45, 7) is 3.14. The van der Waals surface area contributed by atoms with E-state index in [1.54, 1.807) is 24.3 Å². The highest BCUT2D eigenvalue weighted by Crippen LogP contribution is 2.25. The molecule has 2 aromatic carbocycles. The maximum Gasteiger partial charge on any atom is 0.218 e. The summed E-state index contributed by atoms with van der Waals surface area (Å²) in [5.41, 5.74) is 2.86. The number of rotatable bonds is 4. The minimum Gasteiger partial charge on any atom is -0.371 e. The zero-order valence-corrected chi connectivity index (χ0v) is 15.1. The van der Waals surface area contributed by atoms with E-state index < -0.39 is 10.0 Å². The Kier molecular flexibility index (Phi) is 5.25. The van der Waals surface area contributed by atoms with E-state index in [9.17, 15) is 8.42 Å². The van der Waals surface area contributed by atoms with Crippen LogP contribution >= 0.6 is 11.6 Å². The lowest BCUT2D eigenvalue weighted by atomic mass is 10.1. The summed E-state index contributed by atoms with van der Waals surface area (Å²) >= 11 is 5.95. The van der Waals surface area contributed by atoms with E-state index in [1.165, 1.54) is 9.87 Å². The topological polar surface area (TPSA) is 46.6 Å². The molecule has 3 rings (SSSR count). The molecule has 0 saturated carbocycles. The van der Waals surface area contributed by atoms with E-state index >= 15 is 0 Å². The molecule has 6 heteroatoms. The van der Waals surface area contributed by atoms with Gasteiger partial charge < -0.3 is 4.74 Å². The van der Waals surface area contributed by atoms with Gasteiger partial charge in [0.25, 0.3) is 0 Å². The lowest BCUT2D eigenvalue weighted by molar-refractivity contribution is -0.00260. The molecule has 0 aromatic heterocycles. The molecular formula is C18H20ClNO3S. The van der Waals surface area contributed by atoms with Gasteiger partial charge in [-0.25, -0.2) is 8.42 Å². The Hall–Kier alpha value is -1.40. The van der Waals surface area contributed by atoms with Gasteiger partial charge in [0.1, 0.15) is 0 Å². The summed E-state index contributed by atoms with van der Waals surface area (Å²) in [5, 5.41) is 0.544. The number of ether oxygens (including phenoxy) is 1. The first-order valence-corrected chi connectivity index (χ1v) is 9.83. The number of nitrogens with zero attached hydrogens (tertiary/aromatic N) is 1. The largest absolute Gasteiger partial charge is 0.371 e. The van der Waals surface area contributed by atoms with Gasteiger partial charge in [-0.05, 0) is 30.2 Å². The van der Waals surface area contributed by atoms with Crippen LogP contribution in [0.2, 0.25) is 5.02 Å². The molecule has 0 radical (unpaired) electrons. The summed E-state index contributed by atoms with van der Waals surface area (Å²) < 4.78 is 32.7. The fraction of sp³-hybridized carbons (Fsp3) is 0.333. The molecule has 0 aliphatic carbocycles. The van der Waals surface area contributed by atoms with E-state index in [2.05, 4.69) is 0 Å². The van der Waals surface area contributed by atoms with Crippen LogP contribution in [0, 0.1) is 6.92 Å². The third-order valence-corrected chi connectivity index (χ3v) is 6.16. The fourth-order valence-corrected chi connectivity index (χ4v) is 4.50. The molecule has 1 fully saturated rings. The number of sulfonamides is 1. The molecule has 128 valence electrons. The van der Waals surface area contributed by atoms with Crippen LogP contribution < -0.4 is 0 Å². The van der Waals surface area contributed by atoms with E-state index in [1.807, 2.05) is 31.2 Å². The lowest BCUT2D eigenvalue weighted by Crippen LogP contribution is -2.42. The molecule has 0 bridgehead atoms. The molecule has 1 aliphatic heterocycles. The van der Waals surface area contributed by atoms with Gasteiger partial charge in [0, 0.05) is 18.1 Å². The van der Waals surface area contributed by atoms with Crippen molar-refractivity contribution in [1.82, 2.24) is 4.31 Å². The van der Waals surface area contributed by atoms with Crippen molar-refractivity contribution in [3.8, 4) is 0 Å². The molecule has 1 unspecified atom stereocenters. The second kappa shape index (κ2) is 7.23. The normalized spacial score (nSPS) is 19.3. The number of hydrogen-bond donors (Lipinski definition) is 0. The first-order valence-electron chi connectivity index (χ1n) is 7.84. The van der Waals surface area contributed by atoms with Gasteiger partial charge in [-0.1, -0.05) is 53.6 Å². The zero-order valence-electron chi connectivity index (χ0n) is 13.5. The molecule has 1 saturated heterocycles. The Morgan fingerprint density at radius 1 is 1.21 bits per heavy atom. The number of hydrogen-bond acceptors (Lipinski definition) is 3. The third kappa shape index (κ3) is 4.16. The predicted octanol–water partition coefficient (Wildman–Crippen LogP) is 3.55. The fourth-order valence-electron chi connectivity index (χ4n) is 2.79. The Balaban J connectivity index is 1.74. The Morgan fingerprint density at radius 3 is 2.67 bits per heavy atom. The predicted molar refractivity (Wildman–Crippen MR) is 95.5 cm³/mol. The van der Waals surface area contributed by atoms with Gasteiger partial charge in [0.2, 0.25) is 10.0 Å². The van der Waals surface area contributed by atoms with E-state index in [-0.39, 0.29) is 11.9 Å². The van der Waals surface area contributed by atoms with Crippen molar-refractivity contribution >= 4 is 21.6 Å². The van der Waals surface area contributed by atoms with Gasteiger partial charge in [-0.2, -0.15) is 4.31 Å². The average Bonchev–Trinajstić information content (AvgIpc) is 2.55. The maximum absolute atomic E-state index is 12.7. The van der Waals surface area contributed by atoms with E-state index in [4.69, 9.17) is 16.3 Å². The van der Waals surface area contributed by atoms with Crippen LogP contribution in [0.15, 0.2) is 48.5 Å². The number of halogens is 1. The lowest BCUT2D eigenvalue weighted by Gasteiger charge is -2.32. The molecule has 1 heterocycles. The van der Waals surface area contributed by atoms with Crippen LogP contribution in [-0.4, -0.2) is 32.4 Å². The number of morpholine rings is 1. The molecule has 24 heavy (non-hydrogen) atoms. The van der Waals surface area contributed by atoms with Crippen molar-refractivity contribution in [3.63, 3.8) is 0 Å². The second-order valence-corrected chi connectivity index (χ2v) is 8.42. The highest BCUT2D eigenvalue weighted by atomic mass is 35.5. The SMILES string of the molecule is Cc1ccc(C2CN(S(=O)(=O)Cc3cccc(Cl)c3)CCO2)cc1. The maximum atomic E-state index is 12.7. The Bertz CT molecular complexity index is 805. The van der Waals surface area contributed by atoms with Crippen molar-refractivity contribution in [3.05, 3.63) is 70.2 Å². The minimum atomic E-state index is -3.41. The standard InChI is InChI=1S/C18H20ClNO3S/c1-14-5-7-16(8-6-14)18-12-20(9-10-23-18)24(21,22)13-15-3-2-4-17(19)11-15/h2-8,11,18H,9-10,12-13H2,1H3. The van der Waals surface area contributed by atoms with Gasteiger partial charge in [-0.15, -0.1) is 0 Å². The quantitative estimate of drug-likeness (QED) is 0.832. The third-order valence-electron chi connectivity index (χ3n) is 4.11. The molecule has 1 aliphatic rings. The van der Waals surface area contributed by atoms with E-state index in [0.717, 1.165) is 5.56 Å². The molecule has 0 amide bonds. The first-order chi connectivity index (χ1) is 11.4. The van der Waals surface area contributed by atoms with Crippen molar-refractivity contribution < 1.29 is 13.2 Å². The average molecular weight is 366 g/mol. The summed E-state index contributed by atoms with van der Waals surface area (Å²) in [6, 6.07) is 15.0. The molecule has 0 N–H and O–H groups in total. The zero-order chi connectivity index (χ0) is 17.2. The van der Waals surface area contributed by atoms with E-state index in [0.29, 0.717) is 30.3 Å². The van der Waals surface area contributed by atoms with Gasteiger partial charge in [0.05, 0.1) is 18.5 Å². The molecule has 1 atom stereocenters. The summed E-state index contributed by atoms with van der Waals surface area (Å²) in [4.78, 5) is 0. The van der Waals surface area contributed by atoms with Crippen LogP contribution in [0.1, 0.15) is 22.8 Å². The Labute approximate surface area is 148 Å². The summed E-state index contributed by atoms with van der Waals surface area (Å²) in [6.07, 6.45) is -0.228. The summed E-state index contributed by atoms with van der Waals surface area (Å²) in [7, 11) is -3.41. The molecular weight excluding hydrogens is 346 g/mol. The monoisotopic (exact) mass is 365 g/mol.